The van der Waals surface area contributed by atoms with Crippen LogP contribution in [-0.4, -0.2) is 11.1 Å². The highest BCUT2D eigenvalue weighted by atomic mass is 16.4. The maximum atomic E-state index is 11.6. The number of aliphatic carboxylic acids is 1. The highest BCUT2D eigenvalue weighted by molar-refractivity contribution is 5.75. The summed E-state index contributed by atoms with van der Waals surface area (Å²) in [6.07, 6.45) is 4.51. The Bertz CT molecular complexity index is 211. The second-order valence-corrected chi connectivity index (χ2v) is 5.30. The van der Waals surface area contributed by atoms with Gasteiger partial charge in [0.2, 0.25) is 0 Å². The quantitative estimate of drug-likeness (QED) is 0.671. The lowest BCUT2D eigenvalue weighted by Crippen LogP contribution is -2.38. The molecule has 0 aromatic carbocycles. The lowest BCUT2D eigenvalue weighted by molar-refractivity contribution is -0.154. The first-order chi connectivity index (χ1) is 7.44. The summed E-state index contributed by atoms with van der Waals surface area (Å²) < 4.78 is 0. The Hall–Kier alpha value is -0.530. The molecule has 0 rings (SSSR count). The second-order valence-electron chi connectivity index (χ2n) is 5.30. The molecule has 0 saturated heterocycles. The minimum atomic E-state index is -0.593. The van der Waals surface area contributed by atoms with Crippen LogP contribution in [-0.2, 0) is 4.79 Å². The third-order valence-electron chi connectivity index (χ3n) is 3.78. The molecule has 0 aromatic heterocycles. The van der Waals surface area contributed by atoms with Crippen molar-refractivity contribution in [1.82, 2.24) is 0 Å². The number of carboxylic acids is 1. The maximum Gasteiger partial charge on any atom is 0.309 e. The molecule has 96 valence electrons. The van der Waals surface area contributed by atoms with Crippen LogP contribution < -0.4 is 0 Å². The van der Waals surface area contributed by atoms with Gasteiger partial charge in [-0.1, -0.05) is 47.5 Å². The predicted octanol–water partition coefficient (Wildman–Crippen LogP) is 4.34. The van der Waals surface area contributed by atoms with Crippen molar-refractivity contribution in [3.8, 4) is 0 Å². The van der Waals surface area contributed by atoms with Crippen LogP contribution in [0.1, 0.15) is 66.7 Å². The molecular formula is C14H28O2. The van der Waals surface area contributed by atoms with Crippen molar-refractivity contribution < 1.29 is 9.90 Å². The fourth-order valence-electron chi connectivity index (χ4n) is 2.90. The average molecular weight is 228 g/mol. The van der Waals surface area contributed by atoms with Gasteiger partial charge in [0.1, 0.15) is 0 Å². The minimum Gasteiger partial charge on any atom is -0.481 e. The van der Waals surface area contributed by atoms with Gasteiger partial charge in [-0.25, -0.2) is 0 Å². The van der Waals surface area contributed by atoms with Crippen molar-refractivity contribution in [1.29, 1.82) is 0 Å². The van der Waals surface area contributed by atoms with Gasteiger partial charge in [0.15, 0.2) is 0 Å². The normalized spacial score (nSPS) is 17.1. The van der Waals surface area contributed by atoms with E-state index in [4.69, 9.17) is 0 Å². The Labute approximate surface area is 100 Å². The Morgan fingerprint density at radius 1 is 1.25 bits per heavy atom. The zero-order valence-corrected chi connectivity index (χ0v) is 11.5. The Balaban J connectivity index is 5.01. The standard InChI is InChI=1S/C14H28O2/c1-6-9-14(8-3,13(15)16)12(7-2)10-11(4)5/h11-12H,6-10H2,1-5H3,(H,15,16). The largest absolute Gasteiger partial charge is 0.481 e. The number of carboxylic acid groups (broad SMARTS) is 1. The van der Waals surface area contributed by atoms with Crippen LogP contribution in [0, 0.1) is 17.3 Å². The molecule has 0 fully saturated rings. The molecule has 0 radical (unpaired) electrons. The third kappa shape index (κ3) is 3.50. The molecule has 2 unspecified atom stereocenters. The fraction of sp³-hybridized carbons (Fsp3) is 0.929. The van der Waals surface area contributed by atoms with Gasteiger partial charge in [0, 0.05) is 0 Å². The average Bonchev–Trinajstić information content (AvgIpc) is 2.22. The van der Waals surface area contributed by atoms with Gasteiger partial charge < -0.3 is 5.11 Å². The fourth-order valence-corrected chi connectivity index (χ4v) is 2.90. The topological polar surface area (TPSA) is 37.3 Å². The molecule has 0 aromatic rings. The van der Waals surface area contributed by atoms with Gasteiger partial charge in [-0.15, -0.1) is 0 Å². The van der Waals surface area contributed by atoms with Crippen molar-refractivity contribution in [2.75, 3.05) is 0 Å². The summed E-state index contributed by atoms with van der Waals surface area (Å²) in [5, 5.41) is 9.57. The number of carbonyl (C=O) groups is 1. The van der Waals surface area contributed by atoms with Gasteiger partial charge in [0.25, 0.3) is 0 Å². The molecule has 16 heavy (non-hydrogen) atoms. The molecule has 2 nitrogen and oxygen atoms in total. The van der Waals surface area contributed by atoms with Gasteiger partial charge in [-0.05, 0) is 31.1 Å². The number of hydrogen-bond acceptors (Lipinski definition) is 1. The van der Waals surface area contributed by atoms with Crippen molar-refractivity contribution >= 4 is 5.97 Å². The van der Waals surface area contributed by atoms with Crippen LogP contribution in [0.25, 0.3) is 0 Å². The van der Waals surface area contributed by atoms with E-state index < -0.39 is 11.4 Å². The van der Waals surface area contributed by atoms with E-state index in [2.05, 4.69) is 27.7 Å². The van der Waals surface area contributed by atoms with E-state index in [0.29, 0.717) is 11.8 Å². The van der Waals surface area contributed by atoms with Crippen molar-refractivity contribution in [3.05, 3.63) is 0 Å². The van der Waals surface area contributed by atoms with Crippen molar-refractivity contribution in [2.45, 2.75) is 66.7 Å². The summed E-state index contributed by atoms with van der Waals surface area (Å²) in [4.78, 5) is 11.6. The van der Waals surface area contributed by atoms with E-state index in [1.54, 1.807) is 0 Å². The van der Waals surface area contributed by atoms with Crippen LogP contribution in [0.2, 0.25) is 0 Å². The smallest absolute Gasteiger partial charge is 0.309 e. The molecule has 0 aliphatic rings. The summed E-state index contributed by atoms with van der Waals surface area (Å²) in [6.45, 7) is 10.6. The van der Waals surface area contributed by atoms with Crippen LogP contribution in [0.5, 0.6) is 0 Å². The summed E-state index contributed by atoms with van der Waals surface area (Å²) in [5.74, 6) is 0.298. The SMILES string of the molecule is CCCC(CC)(C(=O)O)C(CC)CC(C)C. The molecule has 0 saturated carbocycles. The van der Waals surface area contributed by atoms with Crippen LogP contribution in [0.15, 0.2) is 0 Å². The van der Waals surface area contributed by atoms with E-state index >= 15 is 0 Å². The van der Waals surface area contributed by atoms with Crippen LogP contribution >= 0.6 is 0 Å². The predicted molar refractivity (Wildman–Crippen MR) is 68.5 cm³/mol. The Morgan fingerprint density at radius 2 is 1.81 bits per heavy atom. The summed E-state index contributed by atoms with van der Waals surface area (Å²) in [6, 6.07) is 0. The van der Waals surface area contributed by atoms with Gasteiger partial charge >= 0.3 is 5.97 Å². The molecule has 2 atom stereocenters. The molecular weight excluding hydrogens is 200 g/mol. The first-order valence-electron chi connectivity index (χ1n) is 6.67. The van der Waals surface area contributed by atoms with E-state index in [1.807, 2.05) is 6.92 Å². The number of hydrogen-bond donors (Lipinski definition) is 1. The molecule has 0 heterocycles. The monoisotopic (exact) mass is 228 g/mol. The van der Waals surface area contributed by atoms with Gasteiger partial charge in [0.05, 0.1) is 5.41 Å². The van der Waals surface area contributed by atoms with Crippen LogP contribution in [0.3, 0.4) is 0 Å². The van der Waals surface area contributed by atoms with E-state index in [0.717, 1.165) is 32.1 Å². The highest BCUT2D eigenvalue weighted by Gasteiger charge is 2.42. The Morgan fingerprint density at radius 3 is 2.06 bits per heavy atom. The van der Waals surface area contributed by atoms with Crippen molar-refractivity contribution in [2.24, 2.45) is 17.3 Å². The first-order valence-corrected chi connectivity index (χ1v) is 6.67. The number of rotatable bonds is 8. The minimum absolute atomic E-state index is 0.315. The van der Waals surface area contributed by atoms with E-state index in [-0.39, 0.29) is 0 Å². The lowest BCUT2D eigenvalue weighted by Gasteiger charge is -2.37. The zero-order chi connectivity index (χ0) is 12.8. The molecule has 0 spiro atoms. The lowest BCUT2D eigenvalue weighted by atomic mass is 9.66. The molecule has 0 aliphatic carbocycles. The second kappa shape index (κ2) is 6.93. The Kier molecular flexibility index (Phi) is 6.70. The molecule has 1 N–H and O–H groups in total. The van der Waals surface area contributed by atoms with Gasteiger partial charge in [-0.2, -0.15) is 0 Å². The summed E-state index contributed by atoms with van der Waals surface area (Å²) >= 11 is 0. The zero-order valence-electron chi connectivity index (χ0n) is 11.5. The summed E-state index contributed by atoms with van der Waals surface area (Å²) in [7, 11) is 0. The van der Waals surface area contributed by atoms with Crippen molar-refractivity contribution in [3.63, 3.8) is 0 Å². The maximum absolute atomic E-state index is 11.6. The molecule has 0 amide bonds. The molecule has 0 bridgehead atoms. The third-order valence-corrected chi connectivity index (χ3v) is 3.78. The summed E-state index contributed by atoms with van der Waals surface area (Å²) in [5.41, 5.74) is -0.492. The van der Waals surface area contributed by atoms with E-state index in [9.17, 15) is 9.90 Å². The van der Waals surface area contributed by atoms with Gasteiger partial charge in [-0.3, -0.25) is 4.79 Å². The molecule has 0 aliphatic heterocycles. The first kappa shape index (κ1) is 15.5. The van der Waals surface area contributed by atoms with Crippen LogP contribution in [0.4, 0.5) is 0 Å². The molecule has 2 heteroatoms. The highest BCUT2D eigenvalue weighted by Crippen LogP contribution is 2.42. The van der Waals surface area contributed by atoms with E-state index in [1.165, 1.54) is 0 Å².